The van der Waals surface area contributed by atoms with E-state index in [9.17, 15) is 9.59 Å². The van der Waals surface area contributed by atoms with Gasteiger partial charge in [0.2, 0.25) is 0 Å². The summed E-state index contributed by atoms with van der Waals surface area (Å²) in [5.41, 5.74) is 9.49. The molecule has 0 bridgehead atoms. The van der Waals surface area contributed by atoms with E-state index in [1.807, 2.05) is 32.0 Å². The molecule has 8 nitrogen and oxygen atoms in total. The van der Waals surface area contributed by atoms with Crippen LogP contribution in [0.15, 0.2) is 42.7 Å². The summed E-state index contributed by atoms with van der Waals surface area (Å²) in [7, 11) is 0. The number of hydrogen-bond donors (Lipinski definition) is 2. The van der Waals surface area contributed by atoms with Crippen molar-refractivity contribution in [1.82, 2.24) is 14.8 Å². The van der Waals surface area contributed by atoms with Crippen LogP contribution in [0.5, 0.6) is 0 Å². The normalized spacial score (nSPS) is 10.5. The molecule has 0 fully saturated rings. The summed E-state index contributed by atoms with van der Waals surface area (Å²) in [4.78, 5) is 28.5. The Bertz CT molecular complexity index is 1020. The maximum absolute atomic E-state index is 12.4. The first-order valence-electron chi connectivity index (χ1n) is 8.76. The van der Waals surface area contributed by atoms with E-state index in [1.54, 1.807) is 19.1 Å². The summed E-state index contributed by atoms with van der Waals surface area (Å²) >= 11 is 0. The van der Waals surface area contributed by atoms with Crippen LogP contribution in [0.3, 0.4) is 0 Å². The molecule has 1 amide bonds. The second-order valence-corrected chi connectivity index (χ2v) is 6.23. The SMILES string of the molecule is CCOC(=O)c1cnn(-c2ccc(C(=O)Nc3ccc(C)c(C)c3)cn2)c1N. The highest BCUT2D eigenvalue weighted by atomic mass is 16.5. The summed E-state index contributed by atoms with van der Waals surface area (Å²) < 4.78 is 6.25. The lowest BCUT2D eigenvalue weighted by molar-refractivity contribution is 0.0527. The number of rotatable bonds is 5. The molecule has 0 unspecified atom stereocenters. The molecule has 0 saturated carbocycles. The average Bonchev–Trinajstić information content (AvgIpc) is 3.06. The molecule has 0 radical (unpaired) electrons. The first-order valence-corrected chi connectivity index (χ1v) is 8.76. The van der Waals surface area contributed by atoms with E-state index >= 15 is 0 Å². The Morgan fingerprint density at radius 1 is 1.14 bits per heavy atom. The van der Waals surface area contributed by atoms with Crippen LogP contribution in [0.4, 0.5) is 11.5 Å². The van der Waals surface area contributed by atoms with Crippen LogP contribution in [-0.4, -0.2) is 33.2 Å². The number of esters is 1. The van der Waals surface area contributed by atoms with E-state index in [1.165, 1.54) is 17.1 Å². The highest BCUT2D eigenvalue weighted by Gasteiger charge is 2.18. The van der Waals surface area contributed by atoms with Gasteiger partial charge in [0.15, 0.2) is 5.82 Å². The molecule has 0 atom stereocenters. The number of amides is 1. The third-order valence-corrected chi connectivity index (χ3v) is 4.29. The Labute approximate surface area is 162 Å². The van der Waals surface area contributed by atoms with Gasteiger partial charge in [-0.15, -0.1) is 0 Å². The molecule has 2 aromatic heterocycles. The Kier molecular flexibility index (Phi) is 5.39. The number of hydrogen-bond acceptors (Lipinski definition) is 6. The lowest BCUT2D eigenvalue weighted by Gasteiger charge is -2.08. The molecule has 0 aliphatic carbocycles. The highest BCUT2D eigenvalue weighted by molar-refractivity contribution is 6.04. The van der Waals surface area contributed by atoms with Gasteiger partial charge in [-0.1, -0.05) is 6.07 Å². The van der Waals surface area contributed by atoms with E-state index in [0.717, 1.165) is 11.1 Å². The lowest BCUT2D eigenvalue weighted by Crippen LogP contribution is -2.13. The predicted octanol–water partition coefficient (Wildman–Crippen LogP) is 2.90. The quantitative estimate of drug-likeness (QED) is 0.659. The zero-order valence-electron chi connectivity index (χ0n) is 15.9. The number of pyridine rings is 1. The molecule has 3 aromatic rings. The van der Waals surface area contributed by atoms with Gasteiger partial charge in [0.05, 0.1) is 18.4 Å². The minimum absolute atomic E-state index is 0.123. The molecular formula is C20H21N5O3. The molecule has 3 rings (SSSR count). The summed E-state index contributed by atoms with van der Waals surface area (Å²) in [6.45, 7) is 5.95. The van der Waals surface area contributed by atoms with Gasteiger partial charge >= 0.3 is 5.97 Å². The van der Waals surface area contributed by atoms with Crippen molar-refractivity contribution in [3.63, 3.8) is 0 Å². The van der Waals surface area contributed by atoms with Gasteiger partial charge in [0, 0.05) is 11.9 Å². The van der Waals surface area contributed by atoms with Crippen LogP contribution in [0.1, 0.15) is 38.8 Å². The van der Waals surface area contributed by atoms with Crippen molar-refractivity contribution in [3.05, 3.63) is 65.0 Å². The summed E-state index contributed by atoms with van der Waals surface area (Å²) in [5, 5.41) is 6.92. The zero-order chi connectivity index (χ0) is 20.3. The highest BCUT2D eigenvalue weighted by Crippen LogP contribution is 2.18. The zero-order valence-corrected chi connectivity index (χ0v) is 15.9. The predicted molar refractivity (Wildman–Crippen MR) is 106 cm³/mol. The van der Waals surface area contributed by atoms with Crippen molar-refractivity contribution in [1.29, 1.82) is 0 Å². The molecule has 2 heterocycles. The van der Waals surface area contributed by atoms with Crippen molar-refractivity contribution >= 4 is 23.4 Å². The number of nitrogens with zero attached hydrogens (tertiary/aromatic N) is 3. The average molecular weight is 379 g/mol. The van der Waals surface area contributed by atoms with Gasteiger partial charge in [0.25, 0.3) is 5.91 Å². The number of benzene rings is 1. The van der Waals surface area contributed by atoms with E-state index in [-0.39, 0.29) is 23.9 Å². The number of nitrogens with two attached hydrogens (primary N) is 1. The number of anilines is 2. The van der Waals surface area contributed by atoms with Gasteiger partial charge in [-0.3, -0.25) is 4.79 Å². The number of nitrogen functional groups attached to an aromatic ring is 1. The van der Waals surface area contributed by atoms with Gasteiger partial charge in [-0.25, -0.2) is 9.78 Å². The molecule has 28 heavy (non-hydrogen) atoms. The van der Waals surface area contributed by atoms with Crippen molar-refractivity contribution < 1.29 is 14.3 Å². The third kappa shape index (κ3) is 3.85. The minimum atomic E-state index is -0.546. The molecule has 0 aliphatic heterocycles. The largest absolute Gasteiger partial charge is 0.462 e. The Balaban J connectivity index is 1.77. The van der Waals surface area contributed by atoms with Crippen molar-refractivity contribution in [2.75, 3.05) is 17.7 Å². The third-order valence-electron chi connectivity index (χ3n) is 4.29. The van der Waals surface area contributed by atoms with Crippen LogP contribution in [-0.2, 0) is 4.74 Å². The Morgan fingerprint density at radius 3 is 2.57 bits per heavy atom. The molecule has 8 heteroatoms. The number of aromatic nitrogens is 3. The fourth-order valence-electron chi connectivity index (χ4n) is 2.57. The standard InChI is InChI=1S/C20H21N5O3/c1-4-28-20(27)16-11-23-25(18(16)21)17-8-6-14(10-22-17)19(26)24-15-7-5-12(2)13(3)9-15/h5-11H,4,21H2,1-3H3,(H,24,26). The van der Waals surface area contributed by atoms with Gasteiger partial charge in [-0.05, 0) is 56.2 Å². The van der Waals surface area contributed by atoms with E-state index < -0.39 is 5.97 Å². The van der Waals surface area contributed by atoms with Gasteiger partial charge in [-0.2, -0.15) is 9.78 Å². The number of nitrogens with one attached hydrogen (secondary N) is 1. The molecule has 144 valence electrons. The summed E-state index contributed by atoms with van der Waals surface area (Å²) in [5.74, 6) is -0.312. The van der Waals surface area contributed by atoms with Crippen molar-refractivity contribution in [3.8, 4) is 5.82 Å². The van der Waals surface area contributed by atoms with Crippen LogP contribution >= 0.6 is 0 Å². The van der Waals surface area contributed by atoms with E-state index in [2.05, 4.69) is 15.4 Å². The van der Waals surface area contributed by atoms with Crippen LogP contribution < -0.4 is 11.1 Å². The monoisotopic (exact) mass is 379 g/mol. The lowest BCUT2D eigenvalue weighted by atomic mass is 10.1. The van der Waals surface area contributed by atoms with Crippen LogP contribution in [0, 0.1) is 13.8 Å². The first kappa shape index (κ1) is 19.1. The fraction of sp³-hybridized carbons (Fsp3) is 0.200. The molecule has 0 aliphatic rings. The molecule has 0 spiro atoms. The number of carbonyl (C=O) groups excluding carboxylic acids is 2. The van der Waals surface area contributed by atoms with E-state index in [0.29, 0.717) is 17.1 Å². The van der Waals surface area contributed by atoms with E-state index in [4.69, 9.17) is 10.5 Å². The van der Waals surface area contributed by atoms with Crippen LogP contribution in [0.25, 0.3) is 5.82 Å². The topological polar surface area (TPSA) is 112 Å². The van der Waals surface area contributed by atoms with Gasteiger partial charge in [0.1, 0.15) is 11.4 Å². The first-order chi connectivity index (χ1) is 13.4. The number of ether oxygens (including phenoxy) is 1. The minimum Gasteiger partial charge on any atom is -0.462 e. The fourth-order valence-corrected chi connectivity index (χ4v) is 2.57. The Hall–Kier alpha value is -3.68. The second-order valence-electron chi connectivity index (χ2n) is 6.23. The summed E-state index contributed by atoms with van der Waals surface area (Å²) in [6.07, 6.45) is 2.76. The molecule has 1 aromatic carbocycles. The second kappa shape index (κ2) is 7.91. The van der Waals surface area contributed by atoms with Crippen molar-refractivity contribution in [2.24, 2.45) is 0 Å². The molecular weight excluding hydrogens is 358 g/mol. The van der Waals surface area contributed by atoms with Gasteiger partial charge < -0.3 is 15.8 Å². The smallest absolute Gasteiger partial charge is 0.343 e. The molecule has 3 N–H and O–H groups in total. The number of aryl methyl sites for hydroxylation is 2. The van der Waals surface area contributed by atoms with Crippen molar-refractivity contribution in [2.45, 2.75) is 20.8 Å². The van der Waals surface area contributed by atoms with Crippen LogP contribution in [0.2, 0.25) is 0 Å². The maximum Gasteiger partial charge on any atom is 0.343 e. The maximum atomic E-state index is 12.4. The number of carbonyl (C=O) groups is 2. The molecule has 0 saturated heterocycles. The summed E-state index contributed by atoms with van der Waals surface area (Å²) in [6, 6.07) is 8.94. The Morgan fingerprint density at radius 2 is 1.93 bits per heavy atom.